The second-order valence-electron chi connectivity index (χ2n) is 0.513. The molecule has 0 aromatic rings. The summed E-state index contributed by atoms with van der Waals surface area (Å²) in [6, 6.07) is 0. The number of hydrogen-bond acceptors (Lipinski definition) is 1. The fourth-order valence-electron chi connectivity index (χ4n) is 0. The van der Waals surface area contributed by atoms with Gasteiger partial charge in [0, 0.05) is 0 Å². The molecule has 0 spiro atoms. The van der Waals surface area contributed by atoms with Crippen LogP contribution in [0.2, 0.25) is 0 Å². The summed E-state index contributed by atoms with van der Waals surface area (Å²) >= 11 is -5.35. The molecule has 4 nitrogen and oxygen atoms in total. The van der Waals surface area contributed by atoms with Gasteiger partial charge in [-0.3, -0.25) is 0 Å². The van der Waals surface area contributed by atoms with Crippen molar-refractivity contribution in [1.82, 2.24) is 0 Å². The maximum absolute atomic E-state index is 8.97. The van der Waals surface area contributed by atoms with Crippen LogP contribution < -0.4 is 0 Å². The molecule has 0 aliphatic heterocycles. The summed E-state index contributed by atoms with van der Waals surface area (Å²) in [5.41, 5.74) is 0. The third kappa shape index (κ3) is 135. The van der Waals surface area contributed by atoms with Crippen LogP contribution in [0.1, 0.15) is 0 Å². The zero-order chi connectivity index (χ0) is 4.50. The van der Waals surface area contributed by atoms with E-state index < -0.39 is 20.1 Å². The van der Waals surface area contributed by atoms with Crippen molar-refractivity contribution in [2.24, 2.45) is 0 Å². The third-order valence-electron chi connectivity index (χ3n) is 0. The SMILES string of the molecule is S.S.S.[O]=[Sb]([OH])([OH])[OH]. The second kappa shape index (κ2) is 8.55. The molecule has 0 amide bonds. The molecular weight excluding hydrogens is 282 g/mol. The van der Waals surface area contributed by atoms with Crippen molar-refractivity contribution in [2.75, 3.05) is 0 Å². The van der Waals surface area contributed by atoms with Gasteiger partial charge in [-0.1, -0.05) is 0 Å². The van der Waals surface area contributed by atoms with Crippen LogP contribution in [-0.4, -0.2) is 30.2 Å². The summed E-state index contributed by atoms with van der Waals surface area (Å²) in [4.78, 5) is 0. The fourth-order valence-corrected chi connectivity index (χ4v) is 0. The van der Waals surface area contributed by atoms with Gasteiger partial charge in [0.05, 0.1) is 0 Å². The molecule has 0 unspecified atom stereocenters. The van der Waals surface area contributed by atoms with Crippen molar-refractivity contribution in [3.8, 4) is 0 Å². The summed E-state index contributed by atoms with van der Waals surface area (Å²) in [6.07, 6.45) is 0. The van der Waals surface area contributed by atoms with E-state index >= 15 is 0 Å². The zero-order valence-electron chi connectivity index (χ0n) is 3.70. The van der Waals surface area contributed by atoms with Gasteiger partial charge in [-0.25, -0.2) is 0 Å². The van der Waals surface area contributed by atoms with Gasteiger partial charge in [0.2, 0.25) is 0 Å². The Morgan fingerprint density at radius 2 is 0.875 bits per heavy atom. The van der Waals surface area contributed by atoms with Gasteiger partial charge in [0.15, 0.2) is 0 Å². The van der Waals surface area contributed by atoms with Crippen molar-refractivity contribution in [2.45, 2.75) is 0 Å². The van der Waals surface area contributed by atoms with E-state index in [-0.39, 0.29) is 40.5 Å². The average Bonchev–Trinajstić information content (AvgIpc) is 0.722. The molecule has 0 rings (SSSR count). The monoisotopic (exact) mass is 290 g/mol. The Morgan fingerprint density at radius 3 is 0.875 bits per heavy atom. The number of hydrogen-bond donors (Lipinski definition) is 3. The van der Waals surface area contributed by atoms with E-state index in [0.29, 0.717) is 0 Å². The van der Waals surface area contributed by atoms with Gasteiger partial charge in [-0.05, 0) is 0 Å². The van der Waals surface area contributed by atoms with Crippen LogP contribution in [0.5, 0.6) is 0 Å². The summed E-state index contributed by atoms with van der Waals surface area (Å²) in [5.74, 6) is 0. The molecule has 0 fully saturated rings. The molecule has 0 heterocycles. The quantitative estimate of drug-likeness (QED) is 0.459. The minimum atomic E-state index is -5.35. The Hall–Kier alpha value is 1.55. The summed E-state index contributed by atoms with van der Waals surface area (Å²) in [5, 5.41) is 0. The first-order valence-electron chi connectivity index (χ1n) is 0.783. The minimum absolute atomic E-state index is 0. The topological polar surface area (TPSA) is 77.8 Å². The van der Waals surface area contributed by atoms with Gasteiger partial charge >= 0.3 is 33.2 Å². The molecule has 0 aliphatic rings. The van der Waals surface area contributed by atoms with Gasteiger partial charge in [-0.15, -0.1) is 0 Å². The predicted octanol–water partition coefficient (Wildman–Crippen LogP) is -1.83. The first-order chi connectivity index (χ1) is 2.00. The van der Waals surface area contributed by atoms with Crippen LogP contribution >= 0.6 is 40.5 Å². The number of rotatable bonds is 0. The molecule has 3 N–H and O–H groups in total. The van der Waals surface area contributed by atoms with Crippen LogP contribution in [0.3, 0.4) is 0 Å². The van der Waals surface area contributed by atoms with Gasteiger partial charge < -0.3 is 0 Å². The molecule has 0 aromatic carbocycles. The molecule has 56 valence electrons. The average molecular weight is 291 g/mol. The van der Waals surface area contributed by atoms with Gasteiger partial charge in [0.1, 0.15) is 0 Å². The first-order valence-corrected chi connectivity index (χ1v) is 5.25. The molecular formula is H9O4S3Sb. The van der Waals surface area contributed by atoms with Gasteiger partial charge in [-0.2, -0.15) is 40.5 Å². The third-order valence-corrected chi connectivity index (χ3v) is 0. The zero-order valence-corrected chi connectivity index (χ0v) is 9.25. The Balaban J connectivity index is -0.0000000267. The van der Waals surface area contributed by atoms with E-state index in [1.54, 1.807) is 0 Å². The van der Waals surface area contributed by atoms with E-state index in [1.807, 2.05) is 0 Å². The van der Waals surface area contributed by atoms with Crippen molar-refractivity contribution in [3.05, 3.63) is 0 Å². The van der Waals surface area contributed by atoms with E-state index in [1.165, 1.54) is 0 Å². The van der Waals surface area contributed by atoms with E-state index in [9.17, 15) is 0 Å². The summed E-state index contributed by atoms with van der Waals surface area (Å²) < 4.78 is 30.8. The first kappa shape index (κ1) is 22.7. The Labute approximate surface area is 73.3 Å². The Kier molecular flexibility index (Phi) is 24.2. The molecule has 0 aliphatic carbocycles. The Bertz CT molecular complexity index is 57.4. The van der Waals surface area contributed by atoms with Crippen LogP contribution in [0, 0.1) is 0 Å². The molecule has 8 heavy (non-hydrogen) atoms. The van der Waals surface area contributed by atoms with Crippen LogP contribution in [-0.2, 0) is 3.02 Å². The second-order valence-corrected chi connectivity index (χ2v) is 3.44. The van der Waals surface area contributed by atoms with Crippen molar-refractivity contribution < 1.29 is 13.2 Å². The predicted molar refractivity (Wildman–Crippen MR) is 44.2 cm³/mol. The van der Waals surface area contributed by atoms with Crippen LogP contribution in [0.15, 0.2) is 0 Å². The van der Waals surface area contributed by atoms with Crippen LogP contribution in [0.4, 0.5) is 0 Å². The molecule has 0 saturated carbocycles. The fraction of sp³-hybridized carbons (Fsp3) is 0. The molecule has 0 bridgehead atoms. The van der Waals surface area contributed by atoms with Crippen molar-refractivity contribution >= 4 is 60.5 Å². The molecule has 0 saturated heterocycles. The van der Waals surface area contributed by atoms with Gasteiger partial charge in [0.25, 0.3) is 0 Å². The molecule has 0 atom stereocenters. The van der Waals surface area contributed by atoms with E-state index in [4.69, 9.17) is 13.2 Å². The molecule has 8 heteroatoms. The maximum atomic E-state index is 8.97. The standard InChI is InChI=1S/3H2O.O.3H2S.Sb/h3*1H2;;3*1H2;/q;;;;;;;+3/p-3. The summed E-state index contributed by atoms with van der Waals surface area (Å²) in [7, 11) is 0. The molecule has 0 aromatic heterocycles. The van der Waals surface area contributed by atoms with E-state index in [2.05, 4.69) is 0 Å². The van der Waals surface area contributed by atoms with Crippen molar-refractivity contribution in [3.63, 3.8) is 0 Å². The molecule has 0 radical (unpaired) electrons. The normalized spacial score (nSPS) is 7.38. The van der Waals surface area contributed by atoms with E-state index in [0.717, 1.165) is 0 Å². The Morgan fingerprint density at radius 1 is 0.875 bits per heavy atom. The summed E-state index contributed by atoms with van der Waals surface area (Å²) in [6.45, 7) is 0. The van der Waals surface area contributed by atoms with Crippen molar-refractivity contribution in [1.29, 1.82) is 0 Å². The van der Waals surface area contributed by atoms with Crippen LogP contribution in [0.25, 0.3) is 0 Å².